The topological polar surface area (TPSA) is 24.0 Å². The molecule has 1 aromatic heterocycles. The molecular weight excluding hydrogens is 322 g/mol. The van der Waals surface area contributed by atoms with Crippen LogP contribution in [0, 0.1) is 4.77 Å². The van der Waals surface area contributed by atoms with Gasteiger partial charge in [0, 0.05) is 17.1 Å². The summed E-state index contributed by atoms with van der Waals surface area (Å²) in [5, 5.41) is 0. The molecule has 0 aliphatic carbocycles. The number of rotatable bonds is 3. The van der Waals surface area contributed by atoms with Crippen molar-refractivity contribution >= 4 is 39.2 Å². The van der Waals surface area contributed by atoms with Gasteiger partial charge >= 0.3 is 0 Å². The van der Waals surface area contributed by atoms with Crippen LogP contribution in [0.3, 0.4) is 0 Å². The lowest BCUT2D eigenvalue weighted by Crippen LogP contribution is -2.27. The molecule has 19 heavy (non-hydrogen) atoms. The maximum atomic E-state index is 5.49. The van der Waals surface area contributed by atoms with Crippen molar-refractivity contribution in [2.75, 3.05) is 19.6 Å². The molecule has 1 aliphatic heterocycles. The summed E-state index contributed by atoms with van der Waals surface area (Å²) >= 11 is 9.03. The minimum Gasteiger partial charge on any atom is -0.331 e. The molecule has 1 aliphatic rings. The van der Waals surface area contributed by atoms with Crippen LogP contribution in [0.25, 0.3) is 11.0 Å². The van der Waals surface area contributed by atoms with E-state index in [9.17, 15) is 0 Å². The van der Waals surface area contributed by atoms with Gasteiger partial charge in [0.1, 0.15) is 0 Å². The van der Waals surface area contributed by atoms with E-state index in [2.05, 4.69) is 49.4 Å². The summed E-state index contributed by atoms with van der Waals surface area (Å²) in [5.74, 6) is 0. The molecular formula is C14H18BrN3S. The second kappa shape index (κ2) is 5.38. The number of imidazole rings is 1. The first-order valence-corrected chi connectivity index (χ1v) is 7.97. The summed E-state index contributed by atoms with van der Waals surface area (Å²) in [4.78, 5) is 5.83. The molecule has 1 unspecified atom stereocenters. The molecule has 3 rings (SSSR count). The quantitative estimate of drug-likeness (QED) is 0.850. The van der Waals surface area contributed by atoms with E-state index in [1.54, 1.807) is 0 Å². The minimum absolute atomic E-state index is 0.397. The molecule has 0 radical (unpaired) electrons. The molecule has 1 saturated heterocycles. The zero-order valence-electron chi connectivity index (χ0n) is 11.0. The van der Waals surface area contributed by atoms with E-state index in [0.29, 0.717) is 6.04 Å². The summed E-state index contributed by atoms with van der Waals surface area (Å²) in [6.07, 6.45) is 2.66. The number of aromatic nitrogens is 2. The lowest BCUT2D eigenvalue weighted by Gasteiger charge is -2.22. The lowest BCUT2D eigenvalue weighted by atomic mass is 10.2. The number of H-pyrrole nitrogens is 1. The number of nitrogens with one attached hydrogen (secondary N) is 1. The van der Waals surface area contributed by atoms with Crippen LogP contribution >= 0.6 is 28.1 Å². The van der Waals surface area contributed by atoms with Crippen molar-refractivity contribution in [1.82, 2.24) is 14.5 Å². The second-order valence-electron chi connectivity index (χ2n) is 5.32. The Labute approximate surface area is 126 Å². The molecule has 1 atom stereocenters. The number of aromatic amines is 1. The first kappa shape index (κ1) is 13.3. The predicted molar refractivity (Wildman–Crippen MR) is 85.2 cm³/mol. The van der Waals surface area contributed by atoms with Crippen LogP contribution in [0.5, 0.6) is 0 Å². The van der Waals surface area contributed by atoms with Gasteiger partial charge in [-0.3, -0.25) is 0 Å². The highest BCUT2D eigenvalue weighted by atomic mass is 79.9. The Balaban J connectivity index is 1.96. The zero-order chi connectivity index (χ0) is 13.4. The number of hydrogen-bond donors (Lipinski definition) is 1. The SMILES string of the molecule is CC(CN1CCCC1)n1c(=S)[nH]c2ccc(Br)cc21. The Kier molecular flexibility index (Phi) is 3.78. The molecule has 0 bridgehead atoms. The first-order valence-electron chi connectivity index (χ1n) is 6.77. The Morgan fingerprint density at radius 1 is 1.37 bits per heavy atom. The smallest absolute Gasteiger partial charge is 0.178 e. The van der Waals surface area contributed by atoms with Crippen LogP contribution in [0.1, 0.15) is 25.8 Å². The number of hydrogen-bond acceptors (Lipinski definition) is 2. The number of likely N-dealkylation sites (tertiary alicyclic amines) is 1. The van der Waals surface area contributed by atoms with E-state index in [4.69, 9.17) is 12.2 Å². The summed E-state index contributed by atoms with van der Waals surface area (Å²) in [5.41, 5.74) is 2.30. The maximum Gasteiger partial charge on any atom is 0.178 e. The molecule has 5 heteroatoms. The third-order valence-corrected chi connectivity index (χ3v) is 4.63. The third kappa shape index (κ3) is 2.64. The Morgan fingerprint density at radius 3 is 2.84 bits per heavy atom. The highest BCUT2D eigenvalue weighted by Gasteiger charge is 2.17. The molecule has 2 aromatic rings. The molecule has 0 spiro atoms. The van der Waals surface area contributed by atoms with Gasteiger partial charge in [-0.15, -0.1) is 0 Å². The van der Waals surface area contributed by atoms with E-state index in [0.717, 1.165) is 21.3 Å². The highest BCUT2D eigenvalue weighted by molar-refractivity contribution is 9.10. The van der Waals surface area contributed by atoms with E-state index in [1.807, 2.05) is 6.07 Å². The van der Waals surface area contributed by atoms with E-state index in [1.165, 1.54) is 31.4 Å². The van der Waals surface area contributed by atoms with Gasteiger partial charge < -0.3 is 14.5 Å². The van der Waals surface area contributed by atoms with Crippen molar-refractivity contribution in [1.29, 1.82) is 0 Å². The van der Waals surface area contributed by atoms with Gasteiger partial charge in [0.25, 0.3) is 0 Å². The van der Waals surface area contributed by atoms with Crippen molar-refractivity contribution in [3.63, 3.8) is 0 Å². The van der Waals surface area contributed by atoms with Gasteiger partial charge in [0.05, 0.1) is 11.0 Å². The molecule has 0 amide bonds. The molecule has 2 heterocycles. The third-order valence-electron chi connectivity index (χ3n) is 3.84. The van der Waals surface area contributed by atoms with Crippen molar-refractivity contribution in [2.45, 2.75) is 25.8 Å². The second-order valence-corrected chi connectivity index (χ2v) is 6.62. The van der Waals surface area contributed by atoms with Crippen molar-refractivity contribution in [3.8, 4) is 0 Å². The number of benzene rings is 1. The van der Waals surface area contributed by atoms with Crippen molar-refractivity contribution < 1.29 is 0 Å². The van der Waals surface area contributed by atoms with Crippen LogP contribution in [0.15, 0.2) is 22.7 Å². The predicted octanol–water partition coefficient (Wildman–Crippen LogP) is 4.12. The van der Waals surface area contributed by atoms with Gasteiger partial charge in [-0.05, 0) is 63.3 Å². The lowest BCUT2D eigenvalue weighted by molar-refractivity contribution is 0.289. The highest BCUT2D eigenvalue weighted by Crippen LogP contribution is 2.24. The Bertz CT molecular complexity index is 640. The Morgan fingerprint density at radius 2 is 2.11 bits per heavy atom. The van der Waals surface area contributed by atoms with E-state index < -0.39 is 0 Å². The van der Waals surface area contributed by atoms with Crippen molar-refractivity contribution in [2.24, 2.45) is 0 Å². The number of fused-ring (bicyclic) bond motifs is 1. The minimum atomic E-state index is 0.397. The fraction of sp³-hybridized carbons (Fsp3) is 0.500. The fourth-order valence-corrected chi connectivity index (χ4v) is 3.69. The first-order chi connectivity index (χ1) is 9.15. The number of halogens is 1. The standard InChI is InChI=1S/C14H18BrN3S/c1-10(9-17-6-2-3-7-17)18-13-8-11(15)4-5-12(13)16-14(18)19/h4-5,8,10H,2-3,6-7,9H2,1H3,(H,16,19). The number of nitrogens with zero attached hydrogens (tertiary/aromatic N) is 2. The van der Waals surface area contributed by atoms with Crippen LogP contribution < -0.4 is 0 Å². The molecule has 1 N–H and O–H groups in total. The van der Waals surface area contributed by atoms with Crippen LogP contribution in [-0.4, -0.2) is 34.1 Å². The summed E-state index contributed by atoms with van der Waals surface area (Å²) < 4.78 is 4.16. The molecule has 0 saturated carbocycles. The van der Waals surface area contributed by atoms with Gasteiger partial charge in [0.2, 0.25) is 0 Å². The van der Waals surface area contributed by atoms with Crippen molar-refractivity contribution in [3.05, 3.63) is 27.4 Å². The van der Waals surface area contributed by atoms with E-state index >= 15 is 0 Å². The molecule has 3 nitrogen and oxygen atoms in total. The Hall–Kier alpha value is -0.650. The molecule has 102 valence electrons. The maximum absolute atomic E-state index is 5.49. The normalized spacial score (nSPS) is 18.2. The fourth-order valence-electron chi connectivity index (χ4n) is 2.95. The summed E-state index contributed by atoms with van der Waals surface area (Å²) in [7, 11) is 0. The largest absolute Gasteiger partial charge is 0.331 e. The van der Waals surface area contributed by atoms with Gasteiger partial charge in [-0.2, -0.15) is 0 Å². The average Bonchev–Trinajstić information content (AvgIpc) is 2.95. The van der Waals surface area contributed by atoms with Crippen LogP contribution in [-0.2, 0) is 0 Å². The van der Waals surface area contributed by atoms with Gasteiger partial charge in [0.15, 0.2) is 4.77 Å². The van der Waals surface area contributed by atoms with Gasteiger partial charge in [-0.25, -0.2) is 0 Å². The monoisotopic (exact) mass is 339 g/mol. The van der Waals surface area contributed by atoms with Crippen LogP contribution in [0.2, 0.25) is 0 Å². The van der Waals surface area contributed by atoms with Gasteiger partial charge in [-0.1, -0.05) is 15.9 Å². The summed E-state index contributed by atoms with van der Waals surface area (Å²) in [6, 6.07) is 6.66. The molecule has 1 aromatic carbocycles. The van der Waals surface area contributed by atoms with E-state index in [-0.39, 0.29) is 0 Å². The summed E-state index contributed by atoms with van der Waals surface area (Å²) in [6.45, 7) is 5.78. The zero-order valence-corrected chi connectivity index (χ0v) is 13.4. The van der Waals surface area contributed by atoms with Crippen LogP contribution in [0.4, 0.5) is 0 Å². The average molecular weight is 340 g/mol. The molecule has 1 fully saturated rings.